The lowest BCUT2D eigenvalue weighted by Gasteiger charge is -2.65. The molecule has 1 unspecified atom stereocenters. The van der Waals surface area contributed by atoms with Gasteiger partial charge in [-0.1, -0.05) is 20.3 Å². The molecule has 4 fully saturated rings. The highest BCUT2D eigenvalue weighted by Crippen LogP contribution is 2.72. The van der Waals surface area contributed by atoms with Crippen molar-refractivity contribution >= 4 is 0 Å². The number of hydrogen-bond donors (Lipinski definition) is 4. The average molecular weight is 338 g/mol. The van der Waals surface area contributed by atoms with Gasteiger partial charge >= 0.3 is 0 Å². The molecule has 8 atom stereocenters. The maximum atomic E-state index is 11.2. The Morgan fingerprint density at radius 3 is 2.42 bits per heavy atom. The Morgan fingerprint density at radius 2 is 1.75 bits per heavy atom. The lowest BCUT2D eigenvalue weighted by atomic mass is 9.40. The number of aliphatic hydroxyl groups excluding tert-OH is 3. The second-order valence-corrected chi connectivity index (χ2v) is 10.2. The monoisotopic (exact) mass is 338 g/mol. The van der Waals surface area contributed by atoms with Crippen LogP contribution in [0.25, 0.3) is 0 Å². The van der Waals surface area contributed by atoms with Crippen molar-refractivity contribution in [2.45, 2.75) is 76.9 Å². The van der Waals surface area contributed by atoms with E-state index in [0.29, 0.717) is 18.3 Å². The average Bonchev–Trinajstić information content (AvgIpc) is 2.78. The van der Waals surface area contributed by atoms with E-state index in [2.05, 4.69) is 13.8 Å². The van der Waals surface area contributed by atoms with Crippen LogP contribution in [0.5, 0.6) is 0 Å². The van der Waals surface area contributed by atoms with Crippen molar-refractivity contribution in [3.63, 3.8) is 0 Å². The van der Waals surface area contributed by atoms with Gasteiger partial charge in [0.2, 0.25) is 0 Å². The molecular weight excluding hydrogens is 304 g/mol. The summed E-state index contributed by atoms with van der Waals surface area (Å²) >= 11 is 0. The van der Waals surface area contributed by atoms with E-state index in [1.165, 1.54) is 0 Å². The first-order valence-corrected chi connectivity index (χ1v) is 9.86. The fourth-order valence-electron chi connectivity index (χ4n) is 8.02. The molecule has 4 aliphatic carbocycles. The summed E-state index contributed by atoms with van der Waals surface area (Å²) < 4.78 is 0. The van der Waals surface area contributed by atoms with Gasteiger partial charge in [-0.15, -0.1) is 0 Å². The first-order chi connectivity index (χ1) is 11.2. The summed E-state index contributed by atoms with van der Waals surface area (Å²) in [4.78, 5) is 0. The Balaban J connectivity index is 1.76. The predicted octanol–water partition coefficient (Wildman–Crippen LogP) is 2.09. The van der Waals surface area contributed by atoms with Crippen molar-refractivity contribution < 1.29 is 20.4 Å². The van der Waals surface area contributed by atoms with Gasteiger partial charge in [-0.05, 0) is 73.5 Å². The first-order valence-electron chi connectivity index (χ1n) is 9.86. The minimum atomic E-state index is -1.01. The van der Waals surface area contributed by atoms with E-state index < -0.39 is 11.7 Å². The first kappa shape index (κ1) is 17.3. The van der Waals surface area contributed by atoms with E-state index in [1.54, 1.807) is 0 Å². The zero-order chi connectivity index (χ0) is 17.4. The largest absolute Gasteiger partial charge is 0.396 e. The van der Waals surface area contributed by atoms with E-state index in [0.717, 1.165) is 44.9 Å². The molecule has 4 N–H and O–H groups in total. The summed E-state index contributed by atoms with van der Waals surface area (Å²) in [6, 6.07) is 0. The molecule has 1 spiro atoms. The molecular formula is C20H34O4. The summed E-state index contributed by atoms with van der Waals surface area (Å²) in [6.45, 7) is 4.60. The highest BCUT2D eigenvalue weighted by molar-refractivity contribution is 5.19. The van der Waals surface area contributed by atoms with Crippen molar-refractivity contribution in [3.8, 4) is 0 Å². The van der Waals surface area contributed by atoms with Crippen LogP contribution in [0, 0.1) is 34.0 Å². The molecule has 4 rings (SSSR count). The molecule has 0 aliphatic heterocycles. The lowest BCUT2D eigenvalue weighted by Crippen LogP contribution is -2.62. The quantitative estimate of drug-likeness (QED) is 0.621. The number of hydrogen-bond acceptors (Lipinski definition) is 4. The Labute approximate surface area is 145 Å². The Morgan fingerprint density at radius 1 is 1.00 bits per heavy atom. The summed E-state index contributed by atoms with van der Waals surface area (Å²) in [5.41, 5.74) is -1.22. The van der Waals surface area contributed by atoms with E-state index in [1.807, 2.05) is 0 Å². The lowest BCUT2D eigenvalue weighted by molar-refractivity contribution is -0.206. The molecule has 24 heavy (non-hydrogen) atoms. The van der Waals surface area contributed by atoms with Crippen molar-refractivity contribution in [2.24, 2.45) is 34.0 Å². The highest BCUT2D eigenvalue weighted by Gasteiger charge is 2.70. The number of fused-ring (bicyclic) bond motifs is 3. The number of rotatable bonds is 2. The molecule has 4 aliphatic rings. The van der Waals surface area contributed by atoms with Crippen LogP contribution in [0.4, 0.5) is 0 Å². The van der Waals surface area contributed by atoms with Crippen LogP contribution in [0.15, 0.2) is 0 Å². The van der Waals surface area contributed by atoms with E-state index >= 15 is 0 Å². The van der Waals surface area contributed by atoms with Crippen LogP contribution < -0.4 is 0 Å². The van der Waals surface area contributed by atoms with Gasteiger partial charge in [0.25, 0.3) is 0 Å². The van der Waals surface area contributed by atoms with E-state index in [4.69, 9.17) is 0 Å². The Hall–Kier alpha value is -0.160. The Kier molecular flexibility index (Phi) is 3.73. The van der Waals surface area contributed by atoms with Gasteiger partial charge in [-0.25, -0.2) is 0 Å². The molecule has 4 saturated carbocycles. The SMILES string of the molecule is C[C@]1(CO)CCC[C@]2(C)C1C[C@@H](O)[C@@]13C[C@@H](CC[C@H]12)[C@@](O)(CO)C3. The van der Waals surface area contributed by atoms with Crippen molar-refractivity contribution in [1.82, 2.24) is 0 Å². The molecule has 0 heterocycles. The summed E-state index contributed by atoms with van der Waals surface area (Å²) in [5.74, 6) is 0.858. The minimum Gasteiger partial charge on any atom is -0.396 e. The number of aliphatic hydroxyl groups is 4. The van der Waals surface area contributed by atoms with E-state index in [9.17, 15) is 20.4 Å². The second-order valence-electron chi connectivity index (χ2n) is 10.2. The molecule has 0 amide bonds. The van der Waals surface area contributed by atoms with Gasteiger partial charge in [0, 0.05) is 12.0 Å². The fourth-order valence-corrected chi connectivity index (χ4v) is 8.02. The highest BCUT2D eigenvalue weighted by atomic mass is 16.3. The zero-order valence-corrected chi connectivity index (χ0v) is 15.2. The van der Waals surface area contributed by atoms with Crippen LogP contribution in [0.3, 0.4) is 0 Å². The maximum Gasteiger partial charge on any atom is 0.0911 e. The fraction of sp³-hybridized carbons (Fsp3) is 1.00. The van der Waals surface area contributed by atoms with Gasteiger partial charge in [0.1, 0.15) is 0 Å². The van der Waals surface area contributed by atoms with Gasteiger partial charge in [0.05, 0.1) is 18.3 Å². The minimum absolute atomic E-state index is 0.0989. The Bertz CT molecular complexity index is 524. The van der Waals surface area contributed by atoms with E-state index in [-0.39, 0.29) is 35.4 Å². The molecule has 0 aromatic carbocycles. The van der Waals surface area contributed by atoms with Crippen LogP contribution in [-0.2, 0) is 0 Å². The molecule has 138 valence electrons. The zero-order valence-electron chi connectivity index (χ0n) is 15.2. The van der Waals surface area contributed by atoms with Crippen molar-refractivity contribution in [2.75, 3.05) is 13.2 Å². The third-order valence-corrected chi connectivity index (χ3v) is 9.17. The van der Waals surface area contributed by atoms with Crippen LogP contribution in [-0.4, -0.2) is 45.3 Å². The molecule has 4 nitrogen and oxygen atoms in total. The smallest absolute Gasteiger partial charge is 0.0911 e. The predicted molar refractivity (Wildman–Crippen MR) is 91.2 cm³/mol. The molecule has 4 heteroatoms. The second kappa shape index (κ2) is 5.18. The summed E-state index contributed by atoms with van der Waals surface area (Å²) in [6.07, 6.45) is 7.05. The third kappa shape index (κ3) is 1.94. The molecule has 0 aromatic heterocycles. The molecule has 2 bridgehead atoms. The summed E-state index contributed by atoms with van der Waals surface area (Å²) in [7, 11) is 0. The normalized spacial score (nSPS) is 59.8. The van der Waals surface area contributed by atoms with Crippen LogP contribution in [0.2, 0.25) is 0 Å². The van der Waals surface area contributed by atoms with Crippen molar-refractivity contribution in [1.29, 1.82) is 0 Å². The van der Waals surface area contributed by atoms with Gasteiger partial charge in [-0.3, -0.25) is 0 Å². The summed E-state index contributed by atoms with van der Waals surface area (Å²) in [5, 5.41) is 42.0. The molecule has 0 radical (unpaired) electrons. The molecule has 0 aromatic rings. The van der Waals surface area contributed by atoms with Gasteiger partial charge in [0.15, 0.2) is 0 Å². The van der Waals surface area contributed by atoms with Crippen LogP contribution >= 0.6 is 0 Å². The van der Waals surface area contributed by atoms with Gasteiger partial charge in [-0.2, -0.15) is 0 Å². The standard InChI is InChI=1S/C20H34O4/c1-17(11-21)6-3-7-18(2)14-5-4-13-9-19(14,10-20(13,24)12-22)16(23)8-15(17)18/h13-16,21-24H,3-12H2,1-2H3/t13-,14+,15?,16-,17-,18+,19-,20+/m1/s1. The maximum absolute atomic E-state index is 11.2. The van der Waals surface area contributed by atoms with Gasteiger partial charge < -0.3 is 20.4 Å². The molecule has 0 saturated heterocycles. The topological polar surface area (TPSA) is 80.9 Å². The van der Waals surface area contributed by atoms with Crippen molar-refractivity contribution in [3.05, 3.63) is 0 Å². The third-order valence-electron chi connectivity index (χ3n) is 9.17. The van der Waals surface area contributed by atoms with Crippen LogP contribution in [0.1, 0.15) is 65.2 Å².